The molecule has 4 heteroatoms. The molecule has 0 radical (unpaired) electrons. The number of carbonyl (C=O) groups excluding carboxylic acids is 1. The predicted octanol–water partition coefficient (Wildman–Crippen LogP) is 2.10. The highest BCUT2D eigenvalue weighted by atomic mass is 32.1. The molecule has 0 heterocycles. The van der Waals surface area contributed by atoms with Gasteiger partial charge in [-0.3, -0.25) is 0 Å². The molecule has 1 rings (SSSR count). The van der Waals surface area contributed by atoms with Gasteiger partial charge in [-0.15, -0.1) is 0 Å². The molecule has 1 aliphatic carbocycles. The maximum atomic E-state index is 10.5. The van der Waals surface area contributed by atoms with Crippen LogP contribution < -0.4 is 5.73 Å². The Morgan fingerprint density at radius 3 is 2.23 bits per heavy atom. The van der Waals surface area contributed by atoms with E-state index in [9.17, 15) is 4.79 Å². The van der Waals surface area contributed by atoms with Gasteiger partial charge in [0.25, 0.3) is 0 Å². The van der Waals surface area contributed by atoms with E-state index in [0.717, 1.165) is 38.5 Å². The van der Waals surface area contributed by atoms with Crippen LogP contribution in [0, 0.1) is 0 Å². The van der Waals surface area contributed by atoms with Crippen LogP contribution >= 0.6 is 12.6 Å². The van der Waals surface area contributed by atoms with Gasteiger partial charge in [-0.25, -0.2) is 4.79 Å². The molecule has 2 N–H and O–H groups in total. The summed E-state index contributed by atoms with van der Waals surface area (Å²) in [6, 6.07) is 0. The van der Waals surface area contributed by atoms with Crippen molar-refractivity contribution < 1.29 is 9.53 Å². The van der Waals surface area contributed by atoms with Crippen LogP contribution in [0.1, 0.15) is 38.5 Å². The van der Waals surface area contributed by atoms with Crippen LogP contribution in [0.2, 0.25) is 0 Å². The highest BCUT2D eigenvalue weighted by Crippen LogP contribution is 2.22. The molecule has 0 bridgehead atoms. The number of hydrogen-bond acceptors (Lipinski definition) is 3. The van der Waals surface area contributed by atoms with Crippen LogP contribution in [0.3, 0.4) is 0 Å². The SMILES string of the molecule is NC(=O)OC1CCCC(S)CCC1. The van der Waals surface area contributed by atoms with Crippen molar-refractivity contribution in [3.8, 4) is 0 Å². The molecule has 1 amide bonds. The molecular weight excluding hydrogens is 186 g/mol. The average Bonchev–Trinajstić information content (AvgIpc) is 1.99. The summed E-state index contributed by atoms with van der Waals surface area (Å²) < 4.78 is 4.98. The number of amides is 1. The summed E-state index contributed by atoms with van der Waals surface area (Å²) in [6.45, 7) is 0. The first-order valence-electron chi connectivity index (χ1n) is 4.82. The second kappa shape index (κ2) is 5.37. The molecule has 0 aliphatic heterocycles. The van der Waals surface area contributed by atoms with Crippen molar-refractivity contribution >= 4 is 18.7 Å². The van der Waals surface area contributed by atoms with Crippen LogP contribution in [-0.2, 0) is 4.74 Å². The van der Waals surface area contributed by atoms with E-state index in [1.54, 1.807) is 0 Å². The second-order valence-electron chi connectivity index (χ2n) is 3.57. The van der Waals surface area contributed by atoms with E-state index in [-0.39, 0.29) is 6.10 Å². The minimum absolute atomic E-state index is 0.0401. The molecule has 1 saturated carbocycles. The third-order valence-corrected chi connectivity index (χ3v) is 2.93. The summed E-state index contributed by atoms with van der Waals surface area (Å²) in [7, 11) is 0. The third kappa shape index (κ3) is 4.41. The first kappa shape index (κ1) is 10.7. The molecular formula is C9H17NO2S. The summed E-state index contributed by atoms with van der Waals surface area (Å²) in [5.41, 5.74) is 4.96. The monoisotopic (exact) mass is 203 g/mol. The van der Waals surface area contributed by atoms with E-state index in [4.69, 9.17) is 10.5 Å². The van der Waals surface area contributed by atoms with Gasteiger partial charge in [0, 0.05) is 5.25 Å². The Hall–Kier alpha value is -0.380. The molecule has 0 aromatic carbocycles. The van der Waals surface area contributed by atoms with Gasteiger partial charge in [-0.1, -0.05) is 0 Å². The maximum Gasteiger partial charge on any atom is 0.404 e. The summed E-state index contributed by atoms with van der Waals surface area (Å²) in [6.07, 6.45) is 5.63. The summed E-state index contributed by atoms with van der Waals surface area (Å²) in [5.74, 6) is 0. The quantitative estimate of drug-likeness (QED) is 0.641. The average molecular weight is 203 g/mol. The molecule has 1 aliphatic rings. The van der Waals surface area contributed by atoms with Gasteiger partial charge in [-0.05, 0) is 38.5 Å². The molecule has 0 saturated heterocycles. The van der Waals surface area contributed by atoms with Crippen molar-refractivity contribution in [2.45, 2.75) is 49.9 Å². The van der Waals surface area contributed by atoms with E-state index in [1.165, 1.54) is 0 Å². The first-order chi connectivity index (χ1) is 6.18. The highest BCUT2D eigenvalue weighted by molar-refractivity contribution is 7.80. The lowest BCUT2D eigenvalue weighted by Crippen LogP contribution is -2.24. The van der Waals surface area contributed by atoms with E-state index in [2.05, 4.69) is 12.6 Å². The minimum Gasteiger partial charge on any atom is -0.446 e. The topological polar surface area (TPSA) is 52.3 Å². The summed E-state index contributed by atoms with van der Waals surface area (Å²) in [5, 5.41) is 0.523. The minimum atomic E-state index is -0.645. The summed E-state index contributed by atoms with van der Waals surface area (Å²) >= 11 is 4.45. The number of hydrogen-bond donors (Lipinski definition) is 2. The van der Waals surface area contributed by atoms with Crippen molar-refractivity contribution in [3.05, 3.63) is 0 Å². The van der Waals surface area contributed by atoms with Crippen LogP contribution in [-0.4, -0.2) is 17.4 Å². The van der Waals surface area contributed by atoms with Crippen molar-refractivity contribution in [2.24, 2.45) is 5.73 Å². The van der Waals surface area contributed by atoms with E-state index in [0.29, 0.717) is 5.25 Å². The Morgan fingerprint density at radius 2 is 1.77 bits per heavy atom. The molecule has 1 fully saturated rings. The highest BCUT2D eigenvalue weighted by Gasteiger charge is 2.16. The van der Waals surface area contributed by atoms with Gasteiger partial charge < -0.3 is 10.5 Å². The van der Waals surface area contributed by atoms with Gasteiger partial charge in [0.05, 0.1) is 0 Å². The van der Waals surface area contributed by atoms with Crippen LogP contribution in [0.5, 0.6) is 0 Å². The van der Waals surface area contributed by atoms with E-state index < -0.39 is 6.09 Å². The van der Waals surface area contributed by atoms with Gasteiger partial charge in [0.1, 0.15) is 6.10 Å². The van der Waals surface area contributed by atoms with Crippen LogP contribution in [0.4, 0.5) is 4.79 Å². The lowest BCUT2D eigenvalue weighted by molar-refractivity contribution is 0.0899. The number of nitrogens with two attached hydrogens (primary N) is 1. The first-order valence-corrected chi connectivity index (χ1v) is 5.34. The van der Waals surface area contributed by atoms with E-state index >= 15 is 0 Å². The van der Waals surface area contributed by atoms with Crippen molar-refractivity contribution in [1.29, 1.82) is 0 Å². The number of primary amides is 1. The molecule has 0 aromatic heterocycles. The zero-order valence-electron chi connectivity index (χ0n) is 7.74. The fourth-order valence-corrected chi connectivity index (χ4v) is 2.10. The Morgan fingerprint density at radius 1 is 1.23 bits per heavy atom. The van der Waals surface area contributed by atoms with Gasteiger partial charge in [-0.2, -0.15) is 12.6 Å². The third-order valence-electron chi connectivity index (χ3n) is 2.41. The van der Waals surface area contributed by atoms with Crippen molar-refractivity contribution in [2.75, 3.05) is 0 Å². The Kier molecular flexibility index (Phi) is 4.42. The molecule has 76 valence electrons. The zero-order valence-corrected chi connectivity index (χ0v) is 8.63. The predicted molar refractivity (Wildman–Crippen MR) is 54.9 cm³/mol. The number of ether oxygens (including phenoxy) is 1. The second-order valence-corrected chi connectivity index (χ2v) is 4.30. The lowest BCUT2D eigenvalue weighted by atomic mass is 9.98. The Balaban J connectivity index is 2.28. The fraction of sp³-hybridized carbons (Fsp3) is 0.889. The van der Waals surface area contributed by atoms with E-state index in [1.807, 2.05) is 0 Å². The zero-order chi connectivity index (χ0) is 9.68. The van der Waals surface area contributed by atoms with Gasteiger partial charge in [0.2, 0.25) is 0 Å². The molecule has 0 atom stereocenters. The Bertz CT molecular complexity index is 165. The fourth-order valence-electron chi connectivity index (χ4n) is 1.73. The molecule has 3 nitrogen and oxygen atoms in total. The lowest BCUT2D eigenvalue weighted by Gasteiger charge is -2.21. The van der Waals surface area contributed by atoms with Crippen LogP contribution in [0.25, 0.3) is 0 Å². The Labute approximate surface area is 84.4 Å². The number of rotatable bonds is 1. The van der Waals surface area contributed by atoms with Crippen molar-refractivity contribution in [1.82, 2.24) is 0 Å². The summed E-state index contributed by atoms with van der Waals surface area (Å²) in [4.78, 5) is 10.5. The molecule has 13 heavy (non-hydrogen) atoms. The molecule has 0 aromatic rings. The van der Waals surface area contributed by atoms with Gasteiger partial charge >= 0.3 is 6.09 Å². The smallest absolute Gasteiger partial charge is 0.404 e. The van der Waals surface area contributed by atoms with Gasteiger partial charge in [0.15, 0.2) is 0 Å². The molecule has 0 unspecified atom stereocenters. The number of carbonyl (C=O) groups is 1. The number of thiol groups is 1. The molecule has 0 spiro atoms. The maximum absolute atomic E-state index is 10.5. The largest absolute Gasteiger partial charge is 0.446 e. The standard InChI is InChI=1S/C9H17NO2S/c10-9(11)12-7-3-1-5-8(13)6-2-4-7/h7-8,13H,1-6H2,(H2,10,11). The normalized spacial score (nSPS) is 30.2. The van der Waals surface area contributed by atoms with Crippen LogP contribution in [0.15, 0.2) is 0 Å². The van der Waals surface area contributed by atoms with Crippen molar-refractivity contribution in [3.63, 3.8) is 0 Å².